The van der Waals surface area contributed by atoms with E-state index in [1.807, 2.05) is 0 Å². The molecular weight excluding hydrogens is 172 g/mol. The van der Waals surface area contributed by atoms with Crippen LogP contribution in [0.15, 0.2) is 22.1 Å². The fraction of sp³-hybridized carbons (Fsp3) is 0.667. The normalized spacial score (nSPS) is 27.6. The number of allylic oxidation sites excluding steroid dienone is 1. The Labute approximate surface area is 86.8 Å². The first kappa shape index (κ1) is 11.2. The zero-order chi connectivity index (χ0) is 10.6. The Balaban J connectivity index is 2.84. The highest BCUT2D eigenvalue weighted by Crippen LogP contribution is 2.35. The van der Waals surface area contributed by atoms with Gasteiger partial charge in [0.15, 0.2) is 0 Å². The molecule has 0 aromatic carbocycles. The van der Waals surface area contributed by atoms with Crippen molar-refractivity contribution in [3.05, 3.63) is 12.2 Å². The van der Waals surface area contributed by atoms with Crippen LogP contribution >= 0.6 is 0 Å². The van der Waals surface area contributed by atoms with Crippen LogP contribution in [-0.4, -0.2) is 19.1 Å². The fourth-order valence-corrected chi connectivity index (χ4v) is 2.01. The molecule has 0 N–H and O–H groups in total. The van der Waals surface area contributed by atoms with Gasteiger partial charge in [-0.25, -0.2) is 4.99 Å². The predicted molar refractivity (Wildman–Crippen MR) is 63.2 cm³/mol. The van der Waals surface area contributed by atoms with Gasteiger partial charge in [-0.2, -0.15) is 0 Å². The van der Waals surface area contributed by atoms with Crippen molar-refractivity contribution in [3.8, 4) is 0 Å². The topological polar surface area (TPSA) is 24.7 Å². The Bertz CT molecular complexity index is 265. The van der Waals surface area contributed by atoms with Gasteiger partial charge in [0.25, 0.3) is 0 Å². The van der Waals surface area contributed by atoms with Crippen LogP contribution < -0.4 is 0 Å². The van der Waals surface area contributed by atoms with E-state index in [2.05, 4.69) is 43.5 Å². The molecule has 14 heavy (non-hydrogen) atoms. The summed E-state index contributed by atoms with van der Waals surface area (Å²) in [5.74, 6) is 0.611. The van der Waals surface area contributed by atoms with E-state index in [0.717, 1.165) is 19.4 Å². The average molecular weight is 192 g/mol. The van der Waals surface area contributed by atoms with Crippen LogP contribution in [0.2, 0.25) is 0 Å². The van der Waals surface area contributed by atoms with Crippen LogP contribution in [0.3, 0.4) is 0 Å². The lowest BCUT2D eigenvalue weighted by molar-refractivity contribution is 0.280. The molecule has 2 heteroatoms. The van der Waals surface area contributed by atoms with Crippen LogP contribution in [0.1, 0.15) is 33.6 Å². The summed E-state index contributed by atoms with van der Waals surface area (Å²) in [4.78, 5) is 8.48. The molecule has 0 radical (unpaired) electrons. The predicted octanol–water partition coefficient (Wildman–Crippen LogP) is 3.10. The van der Waals surface area contributed by atoms with Crippen LogP contribution in [-0.2, 0) is 0 Å². The molecule has 0 aromatic rings. The third kappa shape index (κ3) is 2.31. The Morgan fingerprint density at radius 1 is 1.64 bits per heavy atom. The van der Waals surface area contributed by atoms with Gasteiger partial charge in [0, 0.05) is 11.6 Å². The average Bonchev–Trinajstić information content (AvgIpc) is 2.17. The zero-order valence-corrected chi connectivity index (χ0v) is 9.45. The molecule has 2 nitrogen and oxygen atoms in total. The van der Waals surface area contributed by atoms with Crippen LogP contribution in [0, 0.1) is 11.3 Å². The van der Waals surface area contributed by atoms with Gasteiger partial charge in [0.05, 0.1) is 6.54 Å². The molecule has 0 aromatic heterocycles. The van der Waals surface area contributed by atoms with E-state index < -0.39 is 0 Å². The Morgan fingerprint density at radius 2 is 2.36 bits per heavy atom. The molecular formula is C12H20N2. The van der Waals surface area contributed by atoms with Crippen LogP contribution in [0.5, 0.6) is 0 Å². The highest BCUT2D eigenvalue weighted by atomic mass is 14.9. The molecule has 0 bridgehead atoms. The number of aliphatic imine (C=N–C) groups is 2. The first-order valence-electron chi connectivity index (χ1n) is 5.28. The van der Waals surface area contributed by atoms with Crippen molar-refractivity contribution in [2.75, 3.05) is 6.54 Å². The summed E-state index contributed by atoms with van der Waals surface area (Å²) < 4.78 is 0. The summed E-state index contributed by atoms with van der Waals surface area (Å²) in [6, 6.07) is 0. The summed E-state index contributed by atoms with van der Waals surface area (Å²) in [5.41, 5.74) is 1.34. The molecule has 1 heterocycles. The quantitative estimate of drug-likeness (QED) is 0.611. The number of nitrogens with zero attached hydrogens (tertiary/aromatic N) is 2. The van der Waals surface area contributed by atoms with Gasteiger partial charge in [-0.05, 0) is 19.3 Å². The molecule has 2 atom stereocenters. The molecule has 1 aliphatic heterocycles. The second-order valence-electron chi connectivity index (χ2n) is 4.41. The molecule has 0 saturated heterocycles. The number of rotatable bonds is 4. The third-order valence-corrected chi connectivity index (χ3v) is 3.09. The monoisotopic (exact) mass is 192 g/mol. The lowest BCUT2D eigenvalue weighted by Crippen LogP contribution is -2.35. The summed E-state index contributed by atoms with van der Waals surface area (Å²) in [7, 11) is 0. The maximum absolute atomic E-state index is 4.29. The van der Waals surface area contributed by atoms with Gasteiger partial charge in [-0.1, -0.05) is 25.8 Å². The molecule has 2 unspecified atom stereocenters. The van der Waals surface area contributed by atoms with Gasteiger partial charge < -0.3 is 0 Å². The van der Waals surface area contributed by atoms with E-state index in [-0.39, 0.29) is 5.41 Å². The minimum absolute atomic E-state index is 0.120. The van der Waals surface area contributed by atoms with E-state index in [1.54, 1.807) is 6.34 Å². The standard InChI is InChI=1S/C12H20N2/c1-5-11(4)12(6-10(2)3)7-13-9-14-8-12/h7,9,11H,2,5-6,8H2,1,3-4H3. The smallest absolute Gasteiger partial charge is 0.109 e. The van der Waals surface area contributed by atoms with Crippen LogP contribution in [0.4, 0.5) is 0 Å². The van der Waals surface area contributed by atoms with Gasteiger partial charge in [-0.3, -0.25) is 4.99 Å². The number of hydrogen-bond donors (Lipinski definition) is 0. The summed E-state index contributed by atoms with van der Waals surface area (Å²) in [6.45, 7) is 11.4. The van der Waals surface area contributed by atoms with Gasteiger partial charge in [0.1, 0.15) is 6.34 Å². The summed E-state index contributed by atoms with van der Waals surface area (Å²) in [5, 5.41) is 0. The van der Waals surface area contributed by atoms with E-state index in [0.29, 0.717) is 5.92 Å². The van der Waals surface area contributed by atoms with Crippen molar-refractivity contribution in [2.24, 2.45) is 21.3 Å². The fourth-order valence-electron chi connectivity index (χ4n) is 2.01. The van der Waals surface area contributed by atoms with Crippen molar-refractivity contribution in [2.45, 2.75) is 33.6 Å². The van der Waals surface area contributed by atoms with E-state index >= 15 is 0 Å². The van der Waals surface area contributed by atoms with Crippen molar-refractivity contribution >= 4 is 12.6 Å². The lowest BCUT2D eigenvalue weighted by Gasteiger charge is -2.35. The number of hydrogen-bond acceptors (Lipinski definition) is 2. The SMILES string of the molecule is C=C(C)CC1(C(C)CC)C=NC=NC1. The zero-order valence-electron chi connectivity index (χ0n) is 9.45. The molecule has 0 aliphatic carbocycles. The van der Waals surface area contributed by atoms with Gasteiger partial charge in [0.2, 0.25) is 0 Å². The molecule has 0 spiro atoms. The third-order valence-electron chi connectivity index (χ3n) is 3.09. The molecule has 1 aliphatic rings. The first-order valence-corrected chi connectivity index (χ1v) is 5.28. The molecule has 0 saturated carbocycles. The summed E-state index contributed by atoms with van der Waals surface area (Å²) >= 11 is 0. The maximum atomic E-state index is 4.29. The summed E-state index contributed by atoms with van der Waals surface area (Å²) in [6.07, 6.45) is 5.89. The second-order valence-corrected chi connectivity index (χ2v) is 4.41. The molecule has 78 valence electrons. The van der Waals surface area contributed by atoms with E-state index in [4.69, 9.17) is 0 Å². The molecule has 0 amide bonds. The second kappa shape index (κ2) is 4.54. The van der Waals surface area contributed by atoms with Crippen LogP contribution in [0.25, 0.3) is 0 Å². The first-order chi connectivity index (χ1) is 6.60. The largest absolute Gasteiger partial charge is 0.273 e. The van der Waals surface area contributed by atoms with Crippen molar-refractivity contribution in [3.63, 3.8) is 0 Å². The molecule has 0 fully saturated rings. The van der Waals surface area contributed by atoms with Crippen molar-refractivity contribution < 1.29 is 0 Å². The Kier molecular flexibility index (Phi) is 3.62. The van der Waals surface area contributed by atoms with Gasteiger partial charge >= 0.3 is 0 Å². The van der Waals surface area contributed by atoms with Gasteiger partial charge in [-0.15, -0.1) is 6.58 Å². The van der Waals surface area contributed by atoms with E-state index in [1.165, 1.54) is 5.57 Å². The Morgan fingerprint density at radius 3 is 2.79 bits per heavy atom. The highest BCUT2D eigenvalue weighted by Gasteiger charge is 2.34. The Hall–Kier alpha value is -0.920. The highest BCUT2D eigenvalue weighted by molar-refractivity contribution is 5.79. The minimum atomic E-state index is 0.120. The van der Waals surface area contributed by atoms with Crippen molar-refractivity contribution in [1.29, 1.82) is 0 Å². The lowest BCUT2D eigenvalue weighted by atomic mass is 9.71. The maximum Gasteiger partial charge on any atom is 0.109 e. The van der Waals surface area contributed by atoms with Crippen molar-refractivity contribution in [1.82, 2.24) is 0 Å². The minimum Gasteiger partial charge on any atom is -0.273 e. The van der Waals surface area contributed by atoms with E-state index in [9.17, 15) is 0 Å². The molecule has 1 rings (SSSR count).